The summed E-state index contributed by atoms with van der Waals surface area (Å²) in [6, 6.07) is 1.93. The highest BCUT2D eigenvalue weighted by Gasteiger charge is 2.34. The first-order valence-corrected chi connectivity index (χ1v) is 5.48. The highest BCUT2D eigenvalue weighted by Crippen LogP contribution is 2.35. The Kier molecular flexibility index (Phi) is 4.51. The molecule has 0 saturated carbocycles. The summed E-state index contributed by atoms with van der Waals surface area (Å²) in [5, 5.41) is 0. The number of hydrogen-bond acceptors (Lipinski definition) is 1. The maximum absolute atomic E-state index is 12.9. The largest absolute Gasteiger partial charge is 0.416 e. The summed E-state index contributed by atoms with van der Waals surface area (Å²) in [7, 11) is 0. The number of halogens is 4. The van der Waals surface area contributed by atoms with E-state index in [1.54, 1.807) is 0 Å². The Morgan fingerprint density at radius 1 is 1.29 bits per heavy atom. The van der Waals surface area contributed by atoms with Gasteiger partial charge in [0, 0.05) is 6.04 Å². The number of alkyl halides is 3. The Balaban J connectivity index is 3.06. The fourth-order valence-corrected chi connectivity index (χ4v) is 1.68. The molecule has 1 aromatic rings. The molecular formula is C12H15F4N. The topological polar surface area (TPSA) is 26.0 Å². The zero-order valence-electron chi connectivity index (χ0n) is 9.52. The molecule has 0 spiro atoms. The second-order valence-electron chi connectivity index (χ2n) is 3.98. The number of hydrogen-bond donors (Lipinski definition) is 1. The average Bonchev–Trinajstić information content (AvgIpc) is 2.24. The molecule has 1 aromatic carbocycles. The van der Waals surface area contributed by atoms with Gasteiger partial charge in [0.05, 0.1) is 5.56 Å². The SMILES string of the molecule is CCCC[C@H](N)c1ccc(F)cc1C(F)(F)F. The molecule has 5 heteroatoms. The first-order chi connectivity index (χ1) is 7.86. The molecule has 0 aromatic heterocycles. The molecule has 0 radical (unpaired) electrons. The fourth-order valence-electron chi connectivity index (χ4n) is 1.68. The van der Waals surface area contributed by atoms with Gasteiger partial charge in [0.15, 0.2) is 0 Å². The molecule has 1 atom stereocenters. The minimum absolute atomic E-state index is 0.0349. The fraction of sp³-hybridized carbons (Fsp3) is 0.500. The second-order valence-corrected chi connectivity index (χ2v) is 3.98. The van der Waals surface area contributed by atoms with Crippen LogP contribution in [0.3, 0.4) is 0 Å². The number of unbranched alkanes of at least 4 members (excludes halogenated alkanes) is 1. The highest BCUT2D eigenvalue weighted by atomic mass is 19.4. The van der Waals surface area contributed by atoms with Crippen LogP contribution in [0.4, 0.5) is 17.6 Å². The molecule has 0 fully saturated rings. The van der Waals surface area contributed by atoms with E-state index in [-0.39, 0.29) is 5.56 Å². The summed E-state index contributed by atoms with van der Waals surface area (Å²) in [6.45, 7) is 1.93. The van der Waals surface area contributed by atoms with E-state index in [0.717, 1.165) is 25.0 Å². The molecule has 1 rings (SSSR count). The lowest BCUT2D eigenvalue weighted by atomic mass is 9.96. The summed E-state index contributed by atoms with van der Waals surface area (Å²) < 4.78 is 50.9. The minimum Gasteiger partial charge on any atom is -0.324 e. The van der Waals surface area contributed by atoms with Crippen LogP contribution in [0.25, 0.3) is 0 Å². The van der Waals surface area contributed by atoms with Gasteiger partial charge in [-0.3, -0.25) is 0 Å². The van der Waals surface area contributed by atoms with Crippen LogP contribution < -0.4 is 5.73 Å². The summed E-state index contributed by atoms with van der Waals surface area (Å²) in [6.07, 6.45) is -2.50. The van der Waals surface area contributed by atoms with Crippen molar-refractivity contribution in [2.24, 2.45) is 5.73 Å². The Bertz CT molecular complexity index is 373. The van der Waals surface area contributed by atoms with Gasteiger partial charge in [-0.05, 0) is 24.1 Å². The van der Waals surface area contributed by atoms with Gasteiger partial charge in [-0.25, -0.2) is 4.39 Å². The first-order valence-electron chi connectivity index (χ1n) is 5.48. The lowest BCUT2D eigenvalue weighted by Gasteiger charge is -2.18. The first kappa shape index (κ1) is 14.0. The van der Waals surface area contributed by atoms with Gasteiger partial charge < -0.3 is 5.73 Å². The van der Waals surface area contributed by atoms with E-state index in [1.807, 2.05) is 6.92 Å². The smallest absolute Gasteiger partial charge is 0.324 e. The molecule has 0 unspecified atom stereocenters. The third-order valence-corrected chi connectivity index (χ3v) is 2.59. The van der Waals surface area contributed by atoms with E-state index < -0.39 is 23.6 Å². The standard InChI is InChI=1S/C12H15F4N/c1-2-3-4-11(17)9-6-5-8(13)7-10(9)12(14,15)16/h5-7,11H,2-4,17H2,1H3/t11-/m0/s1. The van der Waals surface area contributed by atoms with Gasteiger partial charge in [-0.15, -0.1) is 0 Å². The second kappa shape index (κ2) is 5.49. The molecule has 0 saturated heterocycles. The molecule has 17 heavy (non-hydrogen) atoms. The van der Waals surface area contributed by atoms with Crippen LogP contribution in [0.5, 0.6) is 0 Å². The van der Waals surface area contributed by atoms with Crippen LogP contribution >= 0.6 is 0 Å². The van der Waals surface area contributed by atoms with Gasteiger partial charge in [-0.2, -0.15) is 13.2 Å². The van der Waals surface area contributed by atoms with Gasteiger partial charge in [-0.1, -0.05) is 25.8 Å². The van der Waals surface area contributed by atoms with Crippen molar-refractivity contribution in [3.05, 3.63) is 35.1 Å². The maximum Gasteiger partial charge on any atom is 0.416 e. The Morgan fingerprint density at radius 2 is 1.94 bits per heavy atom. The number of nitrogens with two attached hydrogens (primary N) is 1. The van der Waals surface area contributed by atoms with Crippen LogP contribution in [0, 0.1) is 5.82 Å². The highest BCUT2D eigenvalue weighted by molar-refractivity contribution is 5.32. The van der Waals surface area contributed by atoms with E-state index >= 15 is 0 Å². The predicted octanol–water partition coefficient (Wildman–Crippen LogP) is 4.03. The molecule has 0 amide bonds. The lowest BCUT2D eigenvalue weighted by molar-refractivity contribution is -0.138. The van der Waals surface area contributed by atoms with Crippen LogP contribution in [-0.4, -0.2) is 0 Å². The van der Waals surface area contributed by atoms with Gasteiger partial charge >= 0.3 is 6.18 Å². The van der Waals surface area contributed by atoms with Crippen molar-refractivity contribution in [3.8, 4) is 0 Å². The van der Waals surface area contributed by atoms with Crippen molar-refractivity contribution in [1.82, 2.24) is 0 Å². The van der Waals surface area contributed by atoms with Crippen LogP contribution in [0.2, 0.25) is 0 Å². The van der Waals surface area contributed by atoms with E-state index in [1.165, 1.54) is 0 Å². The molecule has 0 heterocycles. The van der Waals surface area contributed by atoms with Gasteiger partial charge in [0.1, 0.15) is 5.82 Å². The predicted molar refractivity (Wildman–Crippen MR) is 57.9 cm³/mol. The van der Waals surface area contributed by atoms with Crippen molar-refractivity contribution in [2.75, 3.05) is 0 Å². The molecule has 0 aliphatic rings. The van der Waals surface area contributed by atoms with Crippen molar-refractivity contribution in [1.29, 1.82) is 0 Å². The number of rotatable bonds is 4. The summed E-state index contributed by atoms with van der Waals surface area (Å²) >= 11 is 0. The normalized spacial score (nSPS) is 13.8. The Hall–Kier alpha value is -1.10. The third-order valence-electron chi connectivity index (χ3n) is 2.59. The molecule has 0 aliphatic heterocycles. The summed E-state index contributed by atoms with van der Waals surface area (Å²) in [4.78, 5) is 0. The van der Waals surface area contributed by atoms with Gasteiger partial charge in [0.2, 0.25) is 0 Å². The molecule has 2 N–H and O–H groups in total. The summed E-state index contributed by atoms with van der Waals surface area (Å²) in [5.74, 6) is -0.899. The zero-order valence-corrected chi connectivity index (χ0v) is 9.52. The Labute approximate surface area is 97.6 Å². The minimum atomic E-state index is -4.57. The Morgan fingerprint density at radius 3 is 2.47 bits per heavy atom. The molecule has 0 aliphatic carbocycles. The quantitative estimate of drug-likeness (QED) is 0.801. The van der Waals surface area contributed by atoms with Crippen molar-refractivity contribution >= 4 is 0 Å². The van der Waals surface area contributed by atoms with E-state index in [4.69, 9.17) is 5.73 Å². The van der Waals surface area contributed by atoms with Crippen molar-refractivity contribution < 1.29 is 17.6 Å². The summed E-state index contributed by atoms with van der Waals surface area (Å²) in [5.41, 5.74) is 4.70. The molecule has 96 valence electrons. The number of benzene rings is 1. The van der Waals surface area contributed by atoms with Gasteiger partial charge in [0.25, 0.3) is 0 Å². The molecule has 1 nitrogen and oxygen atoms in total. The monoisotopic (exact) mass is 249 g/mol. The average molecular weight is 249 g/mol. The van der Waals surface area contributed by atoms with Crippen LogP contribution in [0.1, 0.15) is 43.4 Å². The van der Waals surface area contributed by atoms with Crippen LogP contribution in [-0.2, 0) is 6.18 Å². The van der Waals surface area contributed by atoms with E-state index in [9.17, 15) is 17.6 Å². The maximum atomic E-state index is 12.9. The zero-order chi connectivity index (χ0) is 13.1. The third kappa shape index (κ3) is 3.70. The van der Waals surface area contributed by atoms with E-state index in [0.29, 0.717) is 12.5 Å². The molecule has 0 bridgehead atoms. The lowest BCUT2D eigenvalue weighted by Crippen LogP contribution is -2.17. The van der Waals surface area contributed by atoms with Crippen molar-refractivity contribution in [2.45, 2.75) is 38.4 Å². The van der Waals surface area contributed by atoms with Crippen molar-refractivity contribution in [3.63, 3.8) is 0 Å². The van der Waals surface area contributed by atoms with Crippen LogP contribution in [0.15, 0.2) is 18.2 Å². The molecular weight excluding hydrogens is 234 g/mol. The van der Waals surface area contributed by atoms with E-state index in [2.05, 4.69) is 0 Å².